The number of aromatic nitrogens is 3. The highest BCUT2D eigenvalue weighted by Crippen LogP contribution is 2.24. The number of fused-ring (bicyclic) bond motifs is 1. The second kappa shape index (κ2) is 6.65. The summed E-state index contributed by atoms with van der Waals surface area (Å²) in [6, 6.07) is 5.00. The van der Waals surface area contributed by atoms with E-state index >= 15 is 0 Å². The Labute approximate surface area is 155 Å². The molecule has 0 atom stereocenters. The number of carbonyl (C=O) groups is 1. The third kappa shape index (κ3) is 3.17. The summed E-state index contributed by atoms with van der Waals surface area (Å²) in [6.45, 7) is 0. The maximum Gasteiger partial charge on any atom is 0.332 e. The first-order valence-electron chi connectivity index (χ1n) is 7.51. The van der Waals surface area contributed by atoms with Crippen LogP contribution in [0.5, 0.6) is 0 Å². The van der Waals surface area contributed by atoms with Crippen molar-refractivity contribution in [2.24, 2.45) is 14.1 Å². The molecule has 0 saturated carbocycles. The molecule has 3 aromatic rings. The second-order valence-corrected chi connectivity index (χ2v) is 6.11. The number of nitro benzene ring substituents is 1. The molecule has 0 unspecified atom stereocenters. The van der Waals surface area contributed by atoms with Crippen LogP contribution in [0.1, 0.15) is 10.4 Å². The first-order chi connectivity index (χ1) is 12.7. The normalized spacial score (nSPS) is 10.8. The standard InChI is InChI=1S/C16H12ClN5O5/c1-20-13-11(15(24)21(2)16(20)25)6-9(7-18-13)19-14(23)10-4-3-8(17)5-12(10)22(26)27/h3-7H,1-2H3,(H,19,23). The van der Waals surface area contributed by atoms with Gasteiger partial charge in [0.2, 0.25) is 0 Å². The van der Waals surface area contributed by atoms with E-state index in [0.29, 0.717) is 0 Å². The average Bonchev–Trinajstić information content (AvgIpc) is 2.64. The van der Waals surface area contributed by atoms with Gasteiger partial charge in [-0.15, -0.1) is 0 Å². The largest absolute Gasteiger partial charge is 0.332 e. The number of hydrogen-bond donors (Lipinski definition) is 1. The molecule has 2 heterocycles. The van der Waals surface area contributed by atoms with Gasteiger partial charge in [-0.3, -0.25) is 28.8 Å². The summed E-state index contributed by atoms with van der Waals surface area (Å²) < 4.78 is 2.12. The predicted molar refractivity (Wildman–Crippen MR) is 98.3 cm³/mol. The maximum absolute atomic E-state index is 12.4. The van der Waals surface area contributed by atoms with Gasteiger partial charge in [0.15, 0.2) is 0 Å². The van der Waals surface area contributed by atoms with Gasteiger partial charge in [-0.2, -0.15) is 0 Å². The average molecular weight is 390 g/mol. The molecule has 2 aromatic heterocycles. The second-order valence-electron chi connectivity index (χ2n) is 5.67. The lowest BCUT2D eigenvalue weighted by molar-refractivity contribution is -0.385. The molecule has 1 amide bonds. The highest BCUT2D eigenvalue weighted by molar-refractivity contribution is 6.31. The van der Waals surface area contributed by atoms with Crippen molar-refractivity contribution in [2.45, 2.75) is 0 Å². The minimum atomic E-state index is -0.763. The number of benzene rings is 1. The van der Waals surface area contributed by atoms with E-state index in [9.17, 15) is 24.5 Å². The van der Waals surface area contributed by atoms with E-state index in [1.54, 1.807) is 0 Å². The number of nitrogens with zero attached hydrogens (tertiary/aromatic N) is 4. The van der Waals surface area contributed by atoms with Gasteiger partial charge >= 0.3 is 5.69 Å². The Hall–Kier alpha value is -3.53. The highest BCUT2D eigenvalue weighted by atomic mass is 35.5. The van der Waals surface area contributed by atoms with E-state index in [1.165, 1.54) is 43.1 Å². The number of hydrogen-bond acceptors (Lipinski definition) is 6. The SMILES string of the molecule is Cn1c(=O)c2cc(NC(=O)c3ccc(Cl)cc3[N+](=O)[O-])cnc2n(C)c1=O. The van der Waals surface area contributed by atoms with Crippen LogP contribution in [0.2, 0.25) is 5.02 Å². The molecule has 1 aromatic carbocycles. The van der Waals surface area contributed by atoms with E-state index in [1.807, 2.05) is 0 Å². The Morgan fingerprint density at radius 1 is 1.22 bits per heavy atom. The highest BCUT2D eigenvalue weighted by Gasteiger charge is 2.21. The van der Waals surface area contributed by atoms with Gasteiger partial charge in [0, 0.05) is 25.2 Å². The summed E-state index contributed by atoms with van der Waals surface area (Å²) in [7, 11) is 2.79. The molecule has 0 radical (unpaired) electrons. The predicted octanol–water partition coefficient (Wildman–Crippen LogP) is 1.45. The smallest absolute Gasteiger partial charge is 0.320 e. The van der Waals surface area contributed by atoms with Crippen LogP contribution in [0.4, 0.5) is 11.4 Å². The molecule has 0 aliphatic heterocycles. The lowest BCUT2D eigenvalue weighted by Crippen LogP contribution is -2.37. The summed E-state index contributed by atoms with van der Waals surface area (Å²) in [5.74, 6) is -0.763. The van der Waals surface area contributed by atoms with E-state index in [2.05, 4.69) is 10.3 Å². The number of rotatable bonds is 3. The fourth-order valence-corrected chi connectivity index (χ4v) is 2.75. The van der Waals surface area contributed by atoms with Crippen molar-refractivity contribution in [3.05, 3.63) is 72.0 Å². The molecule has 138 valence electrons. The van der Waals surface area contributed by atoms with Crippen molar-refractivity contribution in [1.29, 1.82) is 0 Å². The van der Waals surface area contributed by atoms with Crippen molar-refractivity contribution < 1.29 is 9.72 Å². The van der Waals surface area contributed by atoms with Gasteiger partial charge in [0.25, 0.3) is 17.2 Å². The number of pyridine rings is 1. The van der Waals surface area contributed by atoms with Crippen molar-refractivity contribution in [1.82, 2.24) is 14.1 Å². The number of carbonyl (C=O) groups excluding carboxylic acids is 1. The van der Waals surface area contributed by atoms with E-state index in [-0.39, 0.29) is 27.3 Å². The molecular weight excluding hydrogens is 378 g/mol. The number of amides is 1. The number of nitro groups is 1. The van der Waals surface area contributed by atoms with Gasteiger partial charge in [-0.05, 0) is 18.2 Å². The Morgan fingerprint density at radius 3 is 2.59 bits per heavy atom. The Balaban J connectivity index is 2.06. The number of anilines is 1. The first kappa shape index (κ1) is 18.3. The molecule has 0 saturated heterocycles. The molecule has 11 heteroatoms. The van der Waals surface area contributed by atoms with Gasteiger partial charge in [0.05, 0.1) is 22.2 Å². The number of nitrogens with one attached hydrogen (secondary N) is 1. The summed E-state index contributed by atoms with van der Waals surface area (Å²) in [5.41, 5.74) is -1.46. The maximum atomic E-state index is 12.4. The zero-order valence-corrected chi connectivity index (χ0v) is 14.9. The van der Waals surface area contributed by atoms with Gasteiger partial charge in [0.1, 0.15) is 11.2 Å². The van der Waals surface area contributed by atoms with Crippen LogP contribution in [-0.4, -0.2) is 24.9 Å². The van der Waals surface area contributed by atoms with Crippen molar-refractivity contribution in [3.8, 4) is 0 Å². The minimum absolute atomic E-state index is 0.114. The molecule has 0 fully saturated rings. The summed E-state index contributed by atoms with van der Waals surface area (Å²) in [5, 5.41) is 13.8. The Morgan fingerprint density at radius 2 is 1.93 bits per heavy atom. The van der Waals surface area contributed by atoms with Crippen LogP contribution in [0.3, 0.4) is 0 Å². The van der Waals surface area contributed by atoms with Crippen molar-refractivity contribution in [2.75, 3.05) is 5.32 Å². The van der Waals surface area contributed by atoms with Crippen molar-refractivity contribution >= 4 is 39.9 Å². The van der Waals surface area contributed by atoms with Gasteiger partial charge < -0.3 is 5.32 Å². The van der Waals surface area contributed by atoms with Gasteiger partial charge in [-0.25, -0.2) is 9.78 Å². The lowest BCUT2D eigenvalue weighted by Gasteiger charge is -2.09. The van der Waals surface area contributed by atoms with Crippen LogP contribution >= 0.6 is 11.6 Å². The molecule has 0 aliphatic rings. The quantitative estimate of drug-likeness (QED) is 0.533. The molecule has 1 N–H and O–H groups in total. The van der Waals surface area contributed by atoms with Gasteiger partial charge in [-0.1, -0.05) is 11.6 Å². The number of aryl methyl sites for hydroxylation is 1. The Kier molecular flexibility index (Phi) is 4.50. The van der Waals surface area contributed by atoms with Crippen LogP contribution in [0, 0.1) is 10.1 Å². The van der Waals surface area contributed by atoms with Crippen LogP contribution in [0.25, 0.3) is 11.0 Å². The third-order valence-electron chi connectivity index (χ3n) is 3.95. The third-order valence-corrected chi connectivity index (χ3v) is 4.19. The van der Waals surface area contributed by atoms with Crippen molar-refractivity contribution in [3.63, 3.8) is 0 Å². The molecule has 27 heavy (non-hydrogen) atoms. The Bertz CT molecular complexity index is 1230. The van der Waals surface area contributed by atoms with E-state index in [0.717, 1.165) is 10.6 Å². The minimum Gasteiger partial charge on any atom is -0.320 e. The van der Waals surface area contributed by atoms with Crippen LogP contribution in [-0.2, 0) is 14.1 Å². The van der Waals surface area contributed by atoms with Crippen LogP contribution in [0.15, 0.2) is 40.1 Å². The summed E-state index contributed by atoms with van der Waals surface area (Å²) in [6.07, 6.45) is 1.25. The van der Waals surface area contributed by atoms with Crippen LogP contribution < -0.4 is 16.6 Å². The topological polar surface area (TPSA) is 129 Å². The van der Waals surface area contributed by atoms with E-state index < -0.39 is 27.8 Å². The first-order valence-corrected chi connectivity index (χ1v) is 7.89. The molecule has 0 spiro atoms. The molecule has 0 bridgehead atoms. The molecular formula is C16H12ClN5O5. The fraction of sp³-hybridized carbons (Fsp3) is 0.125. The monoisotopic (exact) mass is 389 g/mol. The summed E-state index contributed by atoms with van der Waals surface area (Å²) >= 11 is 5.74. The zero-order valence-electron chi connectivity index (χ0n) is 14.1. The summed E-state index contributed by atoms with van der Waals surface area (Å²) in [4.78, 5) is 51.1. The number of halogens is 1. The van der Waals surface area contributed by atoms with E-state index in [4.69, 9.17) is 11.6 Å². The molecule has 10 nitrogen and oxygen atoms in total. The molecule has 3 rings (SSSR count). The molecule has 0 aliphatic carbocycles. The zero-order chi connectivity index (χ0) is 19.9. The fourth-order valence-electron chi connectivity index (χ4n) is 2.58. The lowest BCUT2D eigenvalue weighted by atomic mass is 10.1.